The molecule has 1 aromatic carbocycles. The van der Waals surface area contributed by atoms with Gasteiger partial charge in [-0.3, -0.25) is 14.4 Å². The van der Waals surface area contributed by atoms with E-state index in [0.29, 0.717) is 19.6 Å². The molecule has 7 nitrogen and oxygen atoms in total. The van der Waals surface area contributed by atoms with Crippen LogP contribution < -0.4 is 15.5 Å². The van der Waals surface area contributed by atoms with Gasteiger partial charge in [0, 0.05) is 31.4 Å². The summed E-state index contributed by atoms with van der Waals surface area (Å²) >= 11 is 0. The third-order valence-electron chi connectivity index (χ3n) is 7.80. The number of rotatable bonds is 4. The fourth-order valence-corrected chi connectivity index (χ4v) is 5.61. The molecule has 7 heteroatoms. The molecule has 0 aliphatic carbocycles. The second kappa shape index (κ2) is 9.33. The first kappa shape index (κ1) is 24.7. The lowest BCUT2D eigenvalue weighted by molar-refractivity contribution is -0.141. The number of nitrogens with one attached hydrogen (secondary N) is 2. The highest BCUT2D eigenvalue weighted by Crippen LogP contribution is 2.43. The minimum Gasteiger partial charge on any atom is -0.344 e. The van der Waals surface area contributed by atoms with Crippen LogP contribution >= 0.6 is 0 Å². The van der Waals surface area contributed by atoms with Gasteiger partial charge < -0.3 is 20.4 Å². The monoisotopic (exact) mass is 468 g/mol. The minimum atomic E-state index is -0.563. The molecule has 34 heavy (non-hydrogen) atoms. The van der Waals surface area contributed by atoms with Gasteiger partial charge in [0.1, 0.15) is 6.04 Å². The lowest BCUT2D eigenvalue weighted by Crippen LogP contribution is -2.59. The molecule has 2 fully saturated rings. The summed E-state index contributed by atoms with van der Waals surface area (Å²) in [6.45, 7) is 12.8. The van der Waals surface area contributed by atoms with Crippen LogP contribution in [-0.2, 0) is 19.8 Å². The summed E-state index contributed by atoms with van der Waals surface area (Å²) in [7, 11) is 0. The number of nitrogens with zero attached hydrogens (tertiary/aromatic N) is 2. The highest BCUT2D eigenvalue weighted by molar-refractivity contribution is 6.08. The highest BCUT2D eigenvalue weighted by atomic mass is 16.2. The fourth-order valence-electron chi connectivity index (χ4n) is 5.61. The van der Waals surface area contributed by atoms with Crippen LogP contribution in [-0.4, -0.2) is 60.9 Å². The Kier molecular flexibility index (Phi) is 6.78. The Bertz CT molecular complexity index is 937. The second-order valence-electron chi connectivity index (χ2n) is 11.7. The zero-order valence-corrected chi connectivity index (χ0v) is 21.3. The number of benzene rings is 1. The molecular formula is C27H40N4O3. The van der Waals surface area contributed by atoms with Crippen LogP contribution in [0.5, 0.6) is 0 Å². The van der Waals surface area contributed by atoms with Crippen molar-refractivity contribution in [2.75, 3.05) is 31.1 Å². The predicted molar refractivity (Wildman–Crippen MR) is 134 cm³/mol. The molecular weight excluding hydrogens is 428 g/mol. The molecule has 2 unspecified atom stereocenters. The van der Waals surface area contributed by atoms with Gasteiger partial charge in [-0.05, 0) is 63.1 Å². The first-order valence-electron chi connectivity index (χ1n) is 12.7. The van der Waals surface area contributed by atoms with E-state index in [0.717, 1.165) is 43.5 Å². The van der Waals surface area contributed by atoms with Crippen molar-refractivity contribution < 1.29 is 14.4 Å². The van der Waals surface area contributed by atoms with Crippen molar-refractivity contribution in [3.05, 3.63) is 29.8 Å². The third kappa shape index (κ3) is 4.59. The highest BCUT2D eigenvalue weighted by Gasteiger charge is 2.47. The van der Waals surface area contributed by atoms with Crippen LogP contribution in [0.4, 0.5) is 5.69 Å². The number of carbonyl (C=O) groups excluding carboxylic acids is 3. The van der Waals surface area contributed by atoms with Gasteiger partial charge in [0.05, 0.1) is 11.3 Å². The van der Waals surface area contributed by atoms with Gasteiger partial charge in [0.15, 0.2) is 0 Å². The number of para-hydroxylation sites is 1. The molecule has 2 N–H and O–H groups in total. The fraction of sp³-hybridized carbons (Fsp3) is 0.667. The zero-order chi connectivity index (χ0) is 24.7. The Morgan fingerprint density at radius 1 is 1.12 bits per heavy atom. The smallest absolute Gasteiger partial charge is 0.245 e. The first-order chi connectivity index (χ1) is 16.0. The minimum absolute atomic E-state index is 0.0171. The Hall–Kier alpha value is -2.41. The summed E-state index contributed by atoms with van der Waals surface area (Å²) in [6, 6.07) is 7.57. The van der Waals surface area contributed by atoms with E-state index in [2.05, 4.69) is 10.6 Å². The Labute approximate surface area is 203 Å². The third-order valence-corrected chi connectivity index (χ3v) is 7.80. The normalized spacial score (nSPS) is 24.0. The maximum Gasteiger partial charge on any atom is 0.245 e. The van der Waals surface area contributed by atoms with E-state index in [1.165, 1.54) is 0 Å². The second-order valence-corrected chi connectivity index (χ2v) is 11.7. The molecule has 0 spiro atoms. The van der Waals surface area contributed by atoms with Gasteiger partial charge in [0.25, 0.3) is 0 Å². The quantitative estimate of drug-likeness (QED) is 0.712. The van der Waals surface area contributed by atoms with Crippen molar-refractivity contribution in [3.8, 4) is 0 Å². The molecule has 1 aromatic rings. The summed E-state index contributed by atoms with van der Waals surface area (Å²) in [5.41, 5.74) is 1.16. The lowest BCUT2D eigenvalue weighted by atomic mass is 9.84. The number of fused-ring (bicyclic) bond motifs is 1. The van der Waals surface area contributed by atoms with Crippen LogP contribution in [0, 0.1) is 11.3 Å². The largest absolute Gasteiger partial charge is 0.344 e. The average molecular weight is 469 g/mol. The first-order valence-corrected chi connectivity index (χ1v) is 12.7. The van der Waals surface area contributed by atoms with Gasteiger partial charge in [-0.2, -0.15) is 0 Å². The van der Waals surface area contributed by atoms with Gasteiger partial charge in [-0.1, -0.05) is 39.0 Å². The van der Waals surface area contributed by atoms with E-state index < -0.39 is 11.5 Å². The number of carbonyl (C=O) groups is 3. The summed E-state index contributed by atoms with van der Waals surface area (Å²) in [6.07, 6.45) is 3.31. The molecule has 3 amide bonds. The molecule has 0 bridgehead atoms. The Morgan fingerprint density at radius 2 is 1.79 bits per heavy atom. The van der Waals surface area contributed by atoms with Crippen LogP contribution in [0.25, 0.3) is 0 Å². The number of likely N-dealkylation sites (tertiary alicyclic amines) is 1. The van der Waals surface area contributed by atoms with Crippen molar-refractivity contribution in [1.29, 1.82) is 0 Å². The van der Waals surface area contributed by atoms with Gasteiger partial charge >= 0.3 is 0 Å². The molecule has 186 valence electrons. The van der Waals surface area contributed by atoms with Crippen LogP contribution in [0.1, 0.15) is 65.9 Å². The topological polar surface area (TPSA) is 81.8 Å². The van der Waals surface area contributed by atoms with Crippen LogP contribution in [0.2, 0.25) is 0 Å². The van der Waals surface area contributed by atoms with E-state index in [1.807, 2.05) is 68.7 Å². The van der Waals surface area contributed by atoms with E-state index in [4.69, 9.17) is 0 Å². The summed E-state index contributed by atoms with van der Waals surface area (Å²) in [4.78, 5) is 43.6. The molecule has 3 heterocycles. The van der Waals surface area contributed by atoms with Gasteiger partial charge in [-0.15, -0.1) is 0 Å². The van der Waals surface area contributed by atoms with E-state index in [1.54, 1.807) is 0 Å². The predicted octanol–water partition coefficient (Wildman–Crippen LogP) is 2.83. The maximum atomic E-state index is 13.6. The standard InChI is InChI=1S/C27H40N4O3/c1-26(2,3)22(29-23(32)18-9-8-14-28-17-18)24(33)30-15-12-19(13-16-30)31-21-11-7-6-10-20(21)27(4,5)25(31)34/h6-7,10-11,18-19,22,28H,8-9,12-17H2,1-5H3,(H,29,32). The lowest BCUT2D eigenvalue weighted by Gasteiger charge is -2.41. The number of piperidine rings is 2. The molecule has 2 atom stereocenters. The number of amides is 3. The van der Waals surface area contributed by atoms with Crippen LogP contribution in [0.15, 0.2) is 24.3 Å². The SMILES string of the molecule is CC1(C)C(=O)N(C2CCN(C(=O)C(NC(=O)C3CCCNC3)C(C)(C)C)CC2)c2ccccc21. The number of hydrogen-bond acceptors (Lipinski definition) is 4. The zero-order valence-electron chi connectivity index (χ0n) is 21.3. The molecule has 3 aliphatic heterocycles. The van der Waals surface area contributed by atoms with E-state index in [-0.39, 0.29) is 35.1 Å². The molecule has 2 saturated heterocycles. The number of hydrogen-bond donors (Lipinski definition) is 2. The van der Waals surface area contributed by atoms with Crippen molar-refractivity contribution >= 4 is 23.4 Å². The Balaban J connectivity index is 1.43. The number of anilines is 1. The summed E-state index contributed by atoms with van der Waals surface area (Å²) in [5.74, 6) is 0.00884. The van der Waals surface area contributed by atoms with Gasteiger partial charge in [0.2, 0.25) is 17.7 Å². The molecule has 0 aromatic heterocycles. The molecule has 3 aliphatic rings. The maximum absolute atomic E-state index is 13.6. The van der Waals surface area contributed by atoms with Crippen molar-refractivity contribution in [2.24, 2.45) is 11.3 Å². The average Bonchev–Trinajstić information content (AvgIpc) is 3.02. The van der Waals surface area contributed by atoms with E-state index in [9.17, 15) is 14.4 Å². The molecule has 0 saturated carbocycles. The summed E-state index contributed by atoms with van der Waals surface area (Å²) < 4.78 is 0. The van der Waals surface area contributed by atoms with Gasteiger partial charge in [-0.25, -0.2) is 0 Å². The molecule has 0 radical (unpaired) electrons. The van der Waals surface area contributed by atoms with Crippen LogP contribution in [0.3, 0.4) is 0 Å². The van der Waals surface area contributed by atoms with Crippen molar-refractivity contribution in [1.82, 2.24) is 15.5 Å². The van der Waals surface area contributed by atoms with E-state index >= 15 is 0 Å². The summed E-state index contributed by atoms with van der Waals surface area (Å²) in [5, 5.41) is 6.37. The van der Waals surface area contributed by atoms with Crippen molar-refractivity contribution in [3.63, 3.8) is 0 Å². The van der Waals surface area contributed by atoms with Crippen molar-refractivity contribution in [2.45, 2.75) is 77.8 Å². The molecule has 4 rings (SSSR count). The Morgan fingerprint density at radius 3 is 2.41 bits per heavy atom.